The minimum absolute atomic E-state index is 0.0839. The van der Waals surface area contributed by atoms with Gasteiger partial charge in [-0.05, 0) is 49.1 Å². The van der Waals surface area contributed by atoms with E-state index < -0.39 is 28.5 Å². The van der Waals surface area contributed by atoms with Crippen LogP contribution >= 0.6 is 0 Å². The third kappa shape index (κ3) is 7.78. The van der Waals surface area contributed by atoms with Crippen molar-refractivity contribution in [3.63, 3.8) is 0 Å². The highest BCUT2D eigenvalue weighted by Crippen LogP contribution is 2.34. The predicted molar refractivity (Wildman–Crippen MR) is 150 cm³/mol. The first-order valence-corrected chi connectivity index (χ1v) is 14.9. The Morgan fingerprint density at radius 2 is 1.59 bits per heavy atom. The van der Waals surface area contributed by atoms with Crippen molar-refractivity contribution in [2.75, 3.05) is 38.4 Å². The van der Waals surface area contributed by atoms with Crippen molar-refractivity contribution in [2.45, 2.75) is 57.7 Å². The minimum Gasteiger partial charge on any atom is -0.497 e. The number of hydrogen-bond donors (Lipinski definition) is 1. The number of sulfonamides is 1. The van der Waals surface area contributed by atoms with Gasteiger partial charge in [-0.1, -0.05) is 31.9 Å². The Morgan fingerprint density at radius 1 is 0.974 bits per heavy atom. The molecule has 0 aromatic heterocycles. The Morgan fingerprint density at radius 3 is 2.13 bits per heavy atom. The number of amides is 2. The molecule has 0 saturated heterocycles. The Kier molecular flexibility index (Phi) is 10.4. The minimum atomic E-state index is -3.90. The molecule has 0 heterocycles. The number of ether oxygens (including phenoxy) is 3. The van der Waals surface area contributed by atoms with Crippen molar-refractivity contribution < 1.29 is 32.2 Å². The van der Waals surface area contributed by atoms with Gasteiger partial charge in [0, 0.05) is 18.7 Å². The summed E-state index contributed by atoms with van der Waals surface area (Å²) in [7, 11) is 0.569. The molecule has 11 heteroatoms. The second-order valence-electron chi connectivity index (χ2n) is 9.59. The molecule has 2 amide bonds. The zero-order valence-electron chi connectivity index (χ0n) is 23.3. The molecule has 0 unspecified atom stereocenters. The predicted octanol–water partition coefficient (Wildman–Crippen LogP) is 3.34. The largest absolute Gasteiger partial charge is 0.497 e. The number of hydrogen-bond acceptors (Lipinski definition) is 7. The van der Waals surface area contributed by atoms with Gasteiger partial charge in [-0.25, -0.2) is 8.42 Å². The third-order valence-corrected chi connectivity index (χ3v) is 8.06. The highest BCUT2D eigenvalue weighted by atomic mass is 32.2. The third-order valence-electron chi connectivity index (χ3n) is 6.93. The van der Waals surface area contributed by atoms with Crippen LogP contribution in [0.15, 0.2) is 42.5 Å². The van der Waals surface area contributed by atoms with Crippen LogP contribution in [-0.4, -0.2) is 71.3 Å². The van der Waals surface area contributed by atoms with Crippen molar-refractivity contribution >= 4 is 27.5 Å². The van der Waals surface area contributed by atoms with Crippen LogP contribution in [-0.2, 0) is 26.2 Å². The number of anilines is 1. The molecule has 0 aliphatic heterocycles. The van der Waals surface area contributed by atoms with Crippen molar-refractivity contribution in [3.8, 4) is 17.2 Å². The maximum atomic E-state index is 13.9. The van der Waals surface area contributed by atoms with E-state index in [-0.39, 0.29) is 29.9 Å². The van der Waals surface area contributed by atoms with E-state index in [1.807, 2.05) is 19.1 Å². The topological polar surface area (TPSA) is 114 Å². The van der Waals surface area contributed by atoms with E-state index in [1.54, 1.807) is 31.4 Å². The summed E-state index contributed by atoms with van der Waals surface area (Å²) in [6, 6.07) is 11.2. The highest BCUT2D eigenvalue weighted by molar-refractivity contribution is 7.92. The van der Waals surface area contributed by atoms with Gasteiger partial charge >= 0.3 is 0 Å². The van der Waals surface area contributed by atoms with Crippen LogP contribution in [0.1, 0.15) is 44.6 Å². The summed E-state index contributed by atoms with van der Waals surface area (Å²) in [5, 5.41) is 3.10. The molecular formula is C28H39N3O7S. The molecular weight excluding hydrogens is 522 g/mol. The van der Waals surface area contributed by atoms with Gasteiger partial charge in [0.15, 0.2) is 0 Å². The average Bonchev–Trinajstić information content (AvgIpc) is 3.43. The number of carbonyl (C=O) groups excluding carboxylic acids is 2. The molecule has 2 aromatic rings. The SMILES string of the molecule is CC[C@H](C(=O)NC1CCCC1)N(Cc1ccc(OC)cc1)C(=O)CN(c1ccc(OC)cc1OC)S(C)(=O)=O. The molecule has 1 N–H and O–H groups in total. The molecule has 10 nitrogen and oxygen atoms in total. The average molecular weight is 562 g/mol. The van der Waals surface area contributed by atoms with E-state index in [0.717, 1.165) is 41.8 Å². The Bertz CT molecular complexity index is 1230. The molecule has 0 radical (unpaired) electrons. The van der Waals surface area contributed by atoms with Gasteiger partial charge < -0.3 is 24.4 Å². The summed E-state index contributed by atoms with van der Waals surface area (Å²) >= 11 is 0. The maximum absolute atomic E-state index is 13.9. The van der Waals surface area contributed by atoms with Gasteiger partial charge in [0.1, 0.15) is 29.8 Å². The molecule has 214 valence electrons. The van der Waals surface area contributed by atoms with E-state index in [9.17, 15) is 18.0 Å². The maximum Gasteiger partial charge on any atom is 0.244 e. The molecule has 0 spiro atoms. The van der Waals surface area contributed by atoms with E-state index in [4.69, 9.17) is 14.2 Å². The summed E-state index contributed by atoms with van der Waals surface area (Å²) in [6.45, 7) is 1.45. The van der Waals surface area contributed by atoms with Crippen LogP contribution in [0.3, 0.4) is 0 Å². The molecule has 1 saturated carbocycles. The number of benzene rings is 2. The molecule has 1 atom stereocenters. The number of carbonyl (C=O) groups is 2. The molecule has 3 rings (SSSR count). The fraction of sp³-hybridized carbons (Fsp3) is 0.500. The zero-order chi connectivity index (χ0) is 28.6. The second kappa shape index (κ2) is 13.5. The first kappa shape index (κ1) is 30.1. The number of nitrogens with zero attached hydrogens (tertiary/aromatic N) is 2. The molecule has 1 fully saturated rings. The molecule has 1 aliphatic carbocycles. The van der Waals surface area contributed by atoms with Crippen molar-refractivity contribution in [1.82, 2.24) is 10.2 Å². The van der Waals surface area contributed by atoms with E-state index in [1.165, 1.54) is 25.2 Å². The Hall–Kier alpha value is -3.47. The van der Waals surface area contributed by atoms with E-state index in [0.29, 0.717) is 17.9 Å². The lowest BCUT2D eigenvalue weighted by atomic mass is 10.1. The van der Waals surface area contributed by atoms with Crippen LogP contribution in [0.25, 0.3) is 0 Å². The molecule has 0 bridgehead atoms. The normalized spacial score (nSPS) is 14.4. The molecule has 2 aromatic carbocycles. The summed E-state index contributed by atoms with van der Waals surface area (Å²) in [5.41, 5.74) is 0.978. The van der Waals surface area contributed by atoms with Crippen LogP contribution in [0, 0.1) is 0 Å². The van der Waals surface area contributed by atoms with Crippen molar-refractivity contribution in [1.29, 1.82) is 0 Å². The highest BCUT2D eigenvalue weighted by Gasteiger charge is 2.33. The lowest BCUT2D eigenvalue weighted by Gasteiger charge is -2.33. The number of rotatable bonds is 13. The Balaban J connectivity index is 1.96. The van der Waals surface area contributed by atoms with Gasteiger partial charge in [0.25, 0.3) is 0 Å². The quantitative estimate of drug-likeness (QED) is 0.399. The van der Waals surface area contributed by atoms with Crippen molar-refractivity contribution in [2.24, 2.45) is 0 Å². The van der Waals surface area contributed by atoms with Gasteiger partial charge in [0.05, 0.1) is 33.3 Å². The summed E-state index contributed by atoms with van der Waals surface area (Å²) < 4.78 is 42.7. The fourth-order valence-corrected chi connectivity index (χ4v) is 5.65. The zero-order valence-corrected chi connectivity index (χ0v) is 24.1. The van der Waals surface area contributed by atoms with Gasteiger partial charge in [-0.2, -0.15) is 0 Å². The van der Waals surface area contributed by atoms with Gasteiger partial charge in [-0.3, -0.25) is 13.9 Å². The van der Waals surface area contributed by atoms with E-state index >= 15 is 0 Å². The second-order valence-corrected chi connectivity index (χ2v) is 11.5. The number of nitrogens with one attached hydrogen (secondary N) is 1. The van der Waals surface area contributed by atoms with Crippen LogP contribution < -0.4 is 23.8 Å². The first-order valence-electron chi connectivity index (χ1n) is 13.0. The number of methoxy groups -OCH3 is 3. The fourth-order valence-electron chi connectivity index (χ4n) is 4.80. The lowest BCUT2D eigenvalue weighted by molar-refractivity contribution is -0.140. The Labute approximate surface area is 231 Å². The summed E-state index contributed by atoms with van der Waals surface area (Å²) in [4.78, 5) is 28.8. The first-order chi connectivity index (χ1) is 18.6. The summed E-state index contributed by atoms with van der Waals surface area (Å²) in [5.74, 6) is 0.630. The van der Waals surface area contributed by atoms with Crippen molar-refractivity contribution in [3.05, 3.63) is 48.0 Å². The van der Waals surface area contributed by atoms with E-state index in [2.05, 4.69) is 5.32 Å². The smallest absolute Gasteiger partial charge is 0.244 e. The standard InChI is InChI=1S/C28H39N3O7S/c1-6-24(28(33)29-21-9-7-8-10-21)30(18-20-11-13-22(36-2)14-12-20)27(32)19-31(39(5,34)35)25-16-15-23(37-3)17-26(25)38-4/h11-17,21,24H,6-10,18-19H2,1-5H3,(H,29,33)/t24-/m1/s1. The van der Waals surface area contributed by atoms with Gasteiger partial charge in [-0.15, -0.1) is 0 Å². The summed E-state index contributed by atoms with van der Waals surface area (Å²) in [6.07, 6.45) is 5.33. The molecule has 1 aliphatic rings. The lowest BCUT2D eigenvalue weighted by Crippen LogP contribution is -2.53. The van der Waals surface area contributed by atoms with Gasteiger partial charge in [0.2, 0.25) is 21.8 Å². The van der Waals surface area contributed by atoms with Crippen LogP contribution in [0.5, 0.6) is 17.2 Å². The van der Waals surface area contributed by atoms with Crippen LogP contribution in [0.4, 0.5) is 5.69 Å². The molecule has 39 heavy (non-hydrogen) atoms. The van der Waals surface area contributed by atoms with Crippen LogP contribution in [0.2, 0.25) is 0 Å². The monoisotopic (exact) mass is 561 g/mol.